The van der Waals surface area contributed by atoms with Gasteiger partial charge in [0.05, 0.1) is 5.39 Å². The Labute approximate surface area is 160 Å². The third-order valence-corrected chi connectivity index (χ3v) is 5.34. The maximum atomic E-state index is 12.4. The van der Waals surface area contributed by atoms with E-state index in [4.69, 9.17) is 20.8 Å². The molecule has 27 heavy (non-hydrogen) atoms. The van der Waals surface area contributed by atoms with E-state index in [0.29, 0.717) is 29.3 Å². The summed E-state index contributed by atoms with van der Waals surface area (Å²) in [5.74, 6) is 0.797. The van der Waals surface area contributed by atoms with Crippen LogP contribution in [-0.2, 0) is 6.54 Å². The lowest BCUT2D eigenvalue weighted by Crippen LogP contribution is -2.32. The average Bonchev–Trinajstić information content (AvgIpc) is 2.70. The van der Waals surface area contributed by atoms with E-state index in [1.165, 1.54) is 0 Å². The standard InChI is InChI=1S/C22H16ClNO3/c1-13-20-14(11-24(12-26-20)16-8-6-15(23)7-9-16)10-19-17-4-2-3-5-18(17)22(25)27-21(13)19/h2-10H,11-12H2,1H3. The zero-order valence-electron chi connectivity index (χ0n) is 14.7. The minimum atomic E-state index is -0.320. The van der Waals surface area contributed by atoms with Gasteiger partial charge in [-0.25, -0.2) is 4.79 Å². The van der Waals surface area contributed by atoms with Gasteiger partial charge in [0.15, 0.2) is 6.73 Å². The summed E-state index contributed by atoms with van der Waals surface area (Å²) in [5.41, 5.74) is 3.26. The number of aryl methyl sites for hydroxylation is 1. The summed E-state index contributed by atoms with van der Waals surface area (Å²) in [4.78, 5) is 14.5. The lowest BCUT2D eigenvalue weighted by Gasteiger charge is -2.32. The predicted molar refractivity (Wildman–Crippen MR) is 108 cm³/mol. The molecule has 0 N–H and O–H groups in total. The molecule has 0 unspecified atom stereocenters. The molecule has 0 fully saturated rings. The SMILES string of the molecule is Cc1c2c(cc3c1oc(=O)c1ccccc13)CN(c1ccc(Cl)cc1)CO2. The predicted octanol–water partition coefficient (Wildman–Crippen LogP) is 5.26. The number of rotatable bonds is 1. The first kappa shape index (κ1) is 16.2. The Morgan fingerprint density at radius 1 is 1.00 bits per heavy atom. The number of ether oxygens (including phenoxy) is 1. The van der Waals surface area contributed by atoms with Crippen molar-refractivity contribution in [2.24, 2.45) is 0 Å². The van der Waals surface area contributed by atoms with Crippen molar-refractivity contribution in [3.05, 3.63) is 81.2 Å². The number of fused-ring (bicyclic) bond motifs is 4. The zero-order chi connectivity index (χ0) is 18.5. The fourth-order valence-electron chi connectivity index (χ4n) is 3.76. The second kappa shape index (κ2) is 6.03. The summed E-state index contributed by atoms with van der Waals surface area (Å²) in [6.45, 7) is 3.08. The number of benzene rings is 3. The van der Waals surface area contributed by atoms with Gasteiger partial charge >= 0.3 is 5.63 Å². The third kappa shape index (κ3) is 2.56. The van der Waals surface area contributed by atoms with E-state index in [0.717, 1.165) is 33.3 Å². The van der Waals surface area contributed by atoms with Gasteiger partial charge in [0.25, 0.3) is 0 Å². The molecule has 0 atom stereocenters. The Bertz CT molecular complexity index is 1240. The molecule has 0 saturated heterocycles. The van der Waals surface area contributed by atoms with Crippen LogP contribution in [-0.4, -0.2) is 6.73 Å². The molecule has 5 heteroatoms. The second-order valence-electron chi connectivity index (χ2n) is 6.75. The molecule has 2 heterocycles. The maximum absolute atomic E-state index is 12.4. The topological polar surface area (TPSA) is 42.7 Å². The first-order valence-corrected chi connectivity index (χ1v) is 9.11. The summed E-state index contributed by atoms with van der Waals surface area (Å²) < 4.78 is 11.7. The highest BCUT2D eigenvalue weighted by Crippen LogP contribution is 2.38. The molecular formula is C22H16ClNO3. The highest BCUT2D eigenvalue weighted by atomic mass is 35.5. The van der Waals surface area contributed by atoms with Crippen LogP contribution < -0.4 is 15.3 Å². The first-order valence-electron chi connectivity index (χ1n) is 8.73. The molecule has 0 aliphatic carbocycles. The number of anilines is 1. The van der Waals surface area contributed by atoms with E-state index < -0.39 is 0 Å². The molecule has 0 bridgehead atoms. The number of hydrogen-bond donors (Lipinski definition) is 0. The van der Waals surface area contributed by atoms with Gasteiger partial charge in [-0.2, -0.15) is 0 Å². The molecule has 5 rings (SSSR count). The van der Waals surface area contributed by atoms with Crippen LogP contribution in [0.5, 0.6) is 5.75 Å². The van der Waals surface area contributed by atoms with Crippen LogP contribution in [0.15, 0.2) is 63.8 Å². The van der Waals surface area contributed by atoms with Crippen LogP contribution in [0.3, 0.4) is 0 Å². The quantitative estimate of drug-likeness (QED) is 0.335. The summed E-state index contributed by atoms with van der Waals surface area (Å²) in [6, 6.07) is 17.3. The van der Waals surface area contributed by atoms with Crippen molar-refractivity contribution >= 4 is 39.0 Å². The van der Waals surface area contributed by atoms with Gasteiger partial charge < -0.3 is 14.1 Å². The molecule has 0 spiro atoms. The van der Waals surface area contributed by atoms with E-state index in [9.17, 15) is 4.79 Å². The van der Waals surface area contributed by atoms with E-state index in [-0.39, 0.29) is 5.63 Å². The Morgan fingerprint density at radius 3 is 2.52 bits per heavy atom. The molecule has 4 nitrogen and oxygen atoms in total. The second-order valence-corrected chi connectivity index (χ2v) is 7.19. The average molecular weight is 378 g/mol. The van der Waals surface area contributed by atoms with Crippen molar-refractivity contribution in [2.45, 2.75) is 13.5 Å². The van der Waals surface area contributed by atoms with Gasteiger partial charge in [0.1, 0.15) is 11.3 Å². The Balaban J connectivity index is 1.69. The van der Waals surface area contributed by atoms with E-state index in [1.807, 2.05) is 49.4 Å². The summed E-state index contributed by atoms with van der Waals surface area (Å²) >= 11 is 6.00. The molecule has 1 aliphatic heterocycles. The van der Waals surface area contributed by atoms with Gasteiger partial charge in [-0.05, 0) is 48.7 Å². The zero-order valence-corrected chi connectivity index (χ0v) is 15.4. The van der Waals surface area contributed by atoms with Gasteiger partial charge in [0.2, 0.25) is 0 Å². The van der Waals surface area contributed by atoms with Gasteiger partial charge in [0, 0.05) is 33.8 Å². The molecule has 4 aromatic rings. The van der Waals surface area contributed by atoms with Crippen LogP contribution in [0.2, 0.25) is 5.02 Å². The normalized spacial score (nSPS) is 13.6. The Morgan fingerprint density at radius 2 is 1.74 bits per heavy atom. The summed E-state index contributed by atoms with van der Waals surface area (Å²) in [5, 5.41) is 3.14. The van der Waals surface area contributed by atoms with Crippen LogP contribution in [0.1, 0.15) is 11.1 Å². The molecule has 1 aromatic heterocycles. The van der Waals surface area contributed by atoms with Crippen LogP contribution in [0.25, 0.3) is 21.7 Å². The van der Waals surface area contributed by atoms with Gasteiger partial charge in [-0.15, -0.1) is 0 Å². The minimum absolute atomic E-state index is 0.320. The third-order valence-electron chi connectivity index (χ3n) is 5.09. The van der Waals surface area contributed by atoms with E-state index >= 15 is 0 Å². The maximum Gasteiger partial charge on any atom is 0.344 e. The van der Waals surface area contributed by atoms with E-state index in [2.05, 4.69) is 11.0 Å². The van der Waals surface area contributed by atoms with Crippen LogP contribution in [0, 0.1) is 6.92 Å². The molecule has 134 valence electrons. The first-order chi connectivity index (χ1) is 13.1. The number of nitrogens with zero attached hydrogens (tertiary/aromatic N) is 1. The van der Waals surface area contributed by atoms with Crippen LogP contribution in [0.4, 0.5) is 5.69 Å². The van der Waals surface area contributed by atoms with Gasteiger partial charge in [-0.1, -0.05) is 29.8 Å². The summed E-state index contributed by atoms with van der Waals surface area (Å²) in [6.07, 6.45) is 0. The minimum Gasteiger partial charge on any atom is -0.472 e. The molecule has 0 saturated carbocycles. The highest BCUT2D eigenvalue weighted by Gasteiger charge is 2.23. The van der Waals surface area contributed by atoms with Crippen molar-refractivity contribution in [3.63, 3.8) is 0 Å². The highest BCUT2D eigenvalue weighted by molar-refractivity contribution is 6.30. The molecule has 0 radical (unpaired) electrons. The van der Waals surface area contributed by atoms with Crippen molar-refractivity contribution in [1.82, 2.24) is 0 Å². The molecular weight excluding hydrogens is 362 g/mol. The molecule has 1 aliphatic rings. The van der Waals surface area contributed by atoms with Gasteiger partial charge in [-0.3, -0.25) is 0 Å². The lowest BCUT2D eigenvalue weighted by molar-refractivity contribution is 0.287. The monoisotopic (exact) mass is 377 g/mol. The van der Waals surface area contributed by atoms with Crippen molar-refractivity contribution in [1.29, 1.82) is 0 Å². The van der Waals surface area contributed by atoms with Crippen molar-refractivity contribution < 1.29 is 9.15 Å². The lowest BCUT2D eigenvalue weighted by atomic mass is 10.00. The Hall–Kier alpha value is -2.98. The van der Waals surface area contributed by atoms with E-state index in [1.54, 1.807) is 6.07 Å². The fourth-order valence-corrected chi connectivity index (χ4v) is 3.88. The molecule has 3 aromatic carbocycles. The summed E-state index contributed by atoms with van der Waals surface area (Å²) in [7, 11) is 0. The van der Waals surface area contributed by atoms with Crippen molar-refractivity contribution in [3.8, 4) is 5.75 Å². The van der Waals surface area contributed by atoms with Crippen LogP contribution >= 0.6 is 11.6 Å². The number of hydrogen-bond acceptors (Lipinski definition) is 4. The largest absolute Gasteiger partial charge is 0.472 e. The van der Waals surface area contributed by atoms with Crippen molar-refractivity contribution in [2.75, 3.05) is 11.6 Å². The number of halogens is 1. The Kier molecular flexibility index (Phi) is 3.62. The fraction of sp³-hybridized carbons (Fsp3) is 0.136. The molecule has 0 amide bonds. The smallest absolute Gasteiger partial charge is 0.344 e.